The third-order valence-electron chi connectivity index (χ3n) is 3.72. The Hall–Kier alpha value is -2.29. The summed E-state index contributed by atoms with van der Waals surface area (Å²) in [7, 11) is 1.69. The molecule has 0 N–H and O–H groups in total. The molecular weight excluding hydrogens is 260 g/mol. The molecule has 1 aliphatic heterocycles. The zero-order chi connectivity index (χ0) is 14.5. The average molecular weight is 280 g/mol. The molecule has 0 atom stereocenters. The Balaban J connectivity index is 1.96. The highest BCUT2D eigenvalue weighted by atomic mass is 16.5. The highest BCUT2D eigenvalue weighted by Gasteiger charge is 2.17. The fraction of sp³-hybridized carbons (Fsp3) is 0.278. The lowest BCUT2D eigenvalue weighted by molar-refractivity contribution is 0.415. The summed E-state index contributed by atoms with van der Waals surface area (Å²) in [5.74, 6) is 1.95. The summed E-state index contributed by atoms with van der Waals surface area (Å²) in [5, 5.41) is 0. The summed E-state index contributed by atoms with van der Waals surface area (Å²) in [5.41, 5.74) is 2.34. The van der Waals surface area contributed by atoms with Crippen LogP contribution in [0.2, 0.25) is 0 Å². The van der Waals surface area contributed by atoms with Gasteiger partial charge in [-0.15, -0.1) is 0 Å². The lowest BCUT2D eigenvalue weighted by Gasteiger charge is -2.25. The molecule has 0 bridgehead atoms. The molecule has 2 aromatic rings. The van der Waals surface area contributed by atoms with E-state index in [2.05, 4.69) is 41.3 Å². The predicted octanol–water partition coefficient (Wildman–Crippen LogP) is 3.74. The number of amidine groups is 1. The van der Waals surface area contributed by atoms with Crippen LogP contribution in [0.3, 0.4) is 0 Å². The Morgan fingerprint density at radius 2 is 1.71 bits per heavy atom. The maximum absolute atomic E-state index is 5.24. The van der Waals surface area contributed by atoms with Crippen molar-refractivity contribution in [3.8, 4) is 5.75 Å². The zero-order valence-electron chi connectivity index (χ0n) is 12.3. The quantitative estimate of drug-likeness (QED) is 0.855. The molecule has 1 aliphatic rings. The van der Waals surface area contributed by atoms with Crippen molar-refractivity contribution >= 4 is 11.5 Å². The van der Waals surface area contributed by atoms with Gasteiger partial charge in [0, 0.05) is 24.3 Å². The first kappa shape index (κ1) is 13.7. The van der Waals surface area contributed by atoms with Crippen LogP contribution in [0.4, 0.5) is 5.69 Å². The van der Waals surface area contributed by atoms with Gasteiger partial charge in [0.05, 0.1) is 7.11 Å². The van der Waals surface area contributed by atoms with Crippen molar-refractivity contribution < 1.29 is 4.74 Å². The van der Waals surface area contributed by atoms with Gasteiger partial charge in [-0.2, -0.15) is 0 Å². The number of ether oxygens (including phenoxy) is 1. The highest BCUT2D eigenvalue weighted by Crippen LogP contribution is 2.23. The van der Waals surface area contributed by atoms with E-state index in [9.17, 15) is 0 Å². The molecule has 21 heavy (non-hydrogen) atoms. The van der Waals surface area contributed by atoms with Crippen molar-refractivity contribution in [1.29, 1.82) is 0 Å². The van der Waals surface area contributed by atoms with Gasteiger partial charge in [-0.3, -0.25) is 4.99 Å². The molecule has 2 aromatic carbocycles. The maximum atomic E-state index is 5.24. The Morgan fingerprint density at radius 1 is 0.952 bits per heavy atom. The van der Waals surface area contributed by atoms with E-state index in [1.54, 1.807) is 7.11 Å². The average Bonchev–Trinajstić information content (AvgIpc) is 2.81. The molecule has 3 nitrogen and oxygen atoms in total. The maximum Gasteiger partial charge on any atom is 0.135 e. The molecular formula is C18H20N2O. The minimum absolute atomic E-state index is 0.881. The fourth-order valence-electron chi connectivity index (χ4n) is 2.61. The van der Waals surface area contributed by atoms with Gasteiger partial charge >= 0.3 is 0 Å². The van der Waals surface area contributed by atoms with Crippen LogP contribution in [0.15, 0.2) is 59.6 Å². The summed E-state index contributed by atoms with van der Waals surface area (Å²) in [4.78, 5) is 7.11. The van der Waals surface area contributed by atoms with Crippen molar-refractivity contribution in [2.75, 3.05) is 25.1 Å². The van der Waals surface area contributed by atoms with Crippen molar-refractivity contribution in [1.82, 2.24) is 0 Å². The molecule has 108 valence electrons. The Kier molecular flexibility index (Phi) is 4.20. The molecule has 0 aliphatic carbocycles. The molecule has 0 aromatic heterocycles. The van der Waals surface area contributed by atoms with Crippen LogP contribution >= 0.6 is 0 Å². The van der Waals surface area contributed by atoms with Crippen LogP contribution < -0.4 is 9.64 Å². The topological polar surface area (TPSA) is 24.8 Å². The van der Waals surface area contributed by atoms with Crippen molar-refractivity contribution in [3.05, 3.63) is 60.2 Å². The van der Waals surface area contributed by atoms with Gasteiger partial charge in [-0.05, 0) is 37.1 Å². The molecule has 0 unspecified atom stereocenters. The van der Waals surface area contributed by atoms with E-state index in [0.717, 1.165) is 37.5 Å². The normalized spacial score (nSPS) is 15.3. The molecule has 3 heteroatoms. The van der Waals surface area contributed by atoms with Crippen molar-refractivity contribution in [3.63, 3.8) is 0 Å². The molecule has 0 spiro atoms. The summed E-state index contributed by atoms with van der Waals surface area (Å²) in [6.07, 6.45) is 2.30. The lowest BCUT2D eigenvalue weighted by Crippen LogP contribution is -2.31. The number of rotatable bonds is 3. The number of hydrogen-bond acceptors (Lipinski definition) is 3. The van der Waals surface area contributed by atoms with Crippen LogP contribution in [0.1, 0.15) is 18.4 Å². The van der Waals surface area contributed by atoms with Crippen LogP contribution in [0.5, 0.6) is 5.75 Å². The first-order chi connectivity index (χ1) is 10.4. The second-order valence-corrected chi connectivity index (χ2v) is 5.13. The van der Waals surface area contributed by atoms with Crippen LogP contribution in [-0.4, -0.2) is 26.0 Å². The second-order valence-electron chi connectivity index (χ2n) is 5.13. The van der Waals surface area contributed by atoms with Gasteiger partial charge in [0.25, 0.3) is 0 Å². The van der Waals surface area contributed by atoms with Gasteiger partial charge in [0.1, 0.15) is 11.6 Å². The largest absolute Gasteiger partial charge is 0.497 e. The third-order valence-corrected chi connectivity index (χ3v) is 3.72. The summed E-state index contributed by atoms with van der Waals surface area (Å²) < 4.78 is 5.24. The monoisotopic (exact) mass is 280 g/mol. The molecule has 0 fully saturated rings. The number of nitrogens with zero attached hydrogens (tertiary/aromatic N) is 2. The molecule has 3 rings (SSSR count). The lowest BCUT2D eigenvalue weighted by atomic mass is 10.1. The van der Waals surface area contributed by atoms with Crippen molar-refractivity contribution in [2.45, 2.75) is 12.8 Å². The van der Waals surface area contributed by atoms with E-state index in [4.69, 9.17) is 9.73 Å². The minimum Gasteiger partial charge on any atom is -0.497 e. The Morgan fingerprint density at radius 3 is 2.43 bits per heavy atom. The van der Waals surface area contributed by atoms with E-state index in [0.29, 0.717) is 0 Å². The molecule has 0 amide bonds. The van der Waals surface area contributed by atoms with Gasteiger partial charge < -0.3 is 9.64 Å². The first-order valence-corrected chi connectivity index (χ1v) is 7.40. The fourth-order valence-corrected chi connectivity index (χ4v) is 2.61. The minimum atomic E-state index is 0.881. The number of aliphatic imine (C=N–C) groups is 1. The van der Waals surface area contributed by atoms with Crippen LogP contribution in [-0.2, 0) is 0 Å². The summed E-state index contributed by atoms with van der Waals surface area (Å²) in [6.45, 7) is 1.90. The Labute approximate surface area is 125 Å². The second kappa shape index (κ2) is 6.44. The number of methoxy groups -OCH3 is 1. The third kappa shape index (κ3) is 3.07. The zero-order valence-corrected chi connectivity index (χ0v) is 12.3. The molecule has 0 radical (unpaired) electrons. The predicted molar refractivity (Wildman–Crippen MR) is 87.4 cm³/mol. The Bertz CT molecular complexity index is 605. The molecule has 1 heterocycles. The number of anilines is 1. The van der Waals surface area contributed by atoms with Gasteiger partial charge in [0.15, 0.2) is 0 Å². The SMILES string of the molecule is COc1ccc(N2CCCCN=C2c2ccccc2)cc1. The van der Waals surface area contributed by atoms with Crippen LogP contribution in [0.25, 0.3) is 0 Å². The van der Waals surface area contributed by atoms with Gasteiger partial charge in [-0.25, -0.2) is 0 Å². The van der Waals surface area contributed by atoms with E-state index >= 15 is 0 Å². The van der Waals surface area contributed by atoms with Crippen LogP contribution in [0, 0.1) is 0 Å². The molecule has 0 saturated heterocycles. The standard InChI is InChI=1S/C18H20N2O/c1-21-17-11-9-16(10-12-17)20-14-6-5-13-19-18(20)15-7-3-2-4-8-15/h2-4,7-12H,5-6,13-14H2,1H3. The highest BCUT2D eigenvalue weighted by molar-refractivity contribution is 6.10. The van der Waals surface area contributed by atoms with E-state index < -0.39 is 0 Å². The van der Waals surface area contributed by atoms with E-state index in [1.165, 1.54) is 11.3 Å². The summed E-state index contributed by atoms with van der Waals surface area (Å²) >= 11 is 0. The summed E-state index contributed by atoms with van der Waals surface area (Å²) in [6, 6.07) is 18.6. The first-order valence-electron chi connectivity index (χ1n) is 7.40. The van der Waals surface area contributed by atoms with E-state index in [-0.39, 0.29) is 0 Å². The van der Waals surface area contributed by atoms with Crippen molar-refractivity contribution in [2.24, 2.45) is 4.99 Å². The van der Waals surface area contributed by atoms with E-state index in [1.807, 2.05) is 18.2 Å². The van der Waals surface area contributed by atoms with Gasteiger partial charge in [-0.1, -0.05) is 30.3 Å². The molecule has 0 saturated carbocycles. The smallest absolute Gasteiger partial charge is 0.135 e. The number of hydrogen-bond donors (Lipinski definition) is 0. The number of benzene rings is 2. The van der Waals surface area contributed by atoms with Gasteiger partial charge in [0.2, 0.25) is 0 Å².